The molecule has 0 radical (unpaired) electrons. The Morgan fingerprint density at radius 1 is 1.06 bits per heavy atom. The Balaban J connectivity index is 1.70. The van der Waals surface area contributed by atoms with Gasteiger partial charge in [-0.2, -0.15) is 0 Å². The van der Waals surface area contributed by atoms with Crippen LogP contribution in [0.4, 0.5) is 5.69 Å². The summed E-state index contributed by atoms with van der Waals surface area (Å²) in [4.78, 5) is 30.0. The fourth-order valence-electron chi connectivity index (χ4n) is 2.72. The van der Waals surface area contributed by atoms with Gasteiger partial charge in [0.2, 0.25) is 0 Å². The van der Waals surface area contributed by atoms with Crippen LogP contribution in [0.3, 0.4) is 0 Å². The highest BCUT2D eigenvalue weighted by Gasteiger charge is 2.21. The number of nitrogens with zero attached hydrogens (tertiary/aromatic N) is 1. The van der Waals surface area contributed by atoms with E-state index in [0.717, 1.165) is 22.8 Å². The van der Waals surface area contributed by atoms with Crippen LogP contribution in [0.5, 0.6) is 0 Å². The third-order valence-electron chi connectivity index (χ3n) is 4.10. The summed E-state index contributed by atoms with van der Waals surface area (Å²) in [5.41, 5.74) is 5.50. The van der Waals surface area contributed by atoms with E-state index in [4.69, 9.17) is 0 Å². The molecule has 1 aromatic carbocycles. The van der Waals surface area contributed by atoms with Gasteiger partial charge in [-0.3, -0.25) is 25.2 Å². The summed E-state index contributed by atoms with van der Waals surface area (Å²) in [6, 6.07) is 9.26. The van der Waals surface area contributed by atoms with E-state index in [9.17, 15) is 18.0 Å². The number of hydrazine groups is 1. The van der Waals surface area contributed by atoms with Crippen LogP contribution in [0, 0.1) is 12.8 Å². The SMILES string of the molecule is Cc1nc(CC(C)C)sc1C(=O)NNC(=O)c1ccccc1NS(=O)(=O)c1cccs1. The number of nitrogens with one attached hydrogen (secondary N) is 3. The Bertz CT molecular complexity index is 1180. The molecule has 0 aliphatic carbocycles. The van der Waals surface area contributed by atoms with Gasteiger partial charge in [0.25, 0.3) is 21.8 Å². The van der Waals surface area contributed by atoms with Crippen molar-refractivity contribution in [1.29, 1.82) is 0 Å². The molecule has 3 N–H and O–H groups in total. The van der Waals surface area contributed by atoms with E-state index >= 15 is 0 Å². The maximum Gasteiger partial charge on any atom is 0.281 e. The first-order valence-electron chi connectivity index (χ1n) is 9.39. The first kappa shape index (κ1) is 22.9. The lowest BCUT2D eigenvalue weighted by Crippen LogP contribution is -2.41. The van der Waals surface area contributed by atoms with Gasteiger partial charge in [-0.05, 0) is 36.4 Å². The summed E-state index contributed by atoms with van der Waals surface area (Å²) in [5.74, 6) is -0.715. The van der Waals surface area contributed by atoms with Crippen molar-refractivity contribution in [2.75, 3.05) is 4.72 Å². The summed E-state index contributed by atoms with van der Waals surface area (Å²) in [5, 5.41) is 2.51. The Morgan fingerprint density at radius 3 is 2.45 bits per heavy atom. The molecule has 0 bridgehead atoms. The molecule has 0 atom stereocenters. The van der Waals surface area contributed by atoms with Crippen LogP contribution in [-0.4, -0.2) is 25.2 Å². The lowest BCUT2D eigenvalue weighted by molar-refractivity contribution is 0.0849. The van der Waals surface area contributed by atoms with E-state index in [2.05, 4.69) is 34.4 Å². The molecule has 3 aromatic rings. The second kappa shape index (κ2) is 9.58. The molecular formula is C20H22N4O4S3. The zero-order valence-electron chi connectivity index (χ0n) is 17.1. The molecule has 2 heterocycles. The third kappa shape index (κ3) is 5.69. The smallest absolute Gasteiger partial charge is 0.278 e. The molecule has 0 saturated carbocycles. The van der Waals surface area contributed by atoms with E-state index < -0.39 is 21.8 Å². The number of thiophene rings is 1. The van der Waals surface area contributed by atoms with Gasteiger partial charge in [0.05, 0.1) is 22.0 Å². The molecule has 164 valence electrons. The van der Waals surface area contributed by atoms with Gasteiger partial charge >= 0.3 is 0 Å². The van der Waals surface area contributed by atoms with Crippen molar-refractivity contribution < 1.29 is 18.0 Å². The standard InChI is InChI=1S/C20H22N4O4S3/c1-12(2)11-16-21-13(3)18(30-16)20(26)23-22-19(25)14-7-4-5-8-15(14)24-31(27,28)17-9-6-10-29-17/h4-10,12,24H,11H2,1-3H3,(H,22,25)(H,23,26). The molecule has 0 aliphatic rings. The molecule has 0 fully saturated rings. The number of anilines is 1. The number of para-hydroxylation sites is 1. The molecule has 3 rings (SSSR count). The fraction of sp³-hybridized carbons (Fsp3) is 0.250. The van der Waals surface area contributed by atoms with Crippen LogP contribution >= 0.6 is 22.7 Å². The van der Waals surface area contributed by atoms with Gasteiger partial charge < -0.3 is 0 Å². The molecule has 2 aromatic heterocycles. The maximum atomic E-state index is 12.6. The zero-order chi connectivity index (χ0) is 22.6. The Hall–Kier alpha value is -2.76. The molecule has 0 saturated heterocycles. The van der Waals surface area contributed by atoms with Crippen LogP contribution in [0.1, 0.15) is 44.6 Å². The number of amides is 2. The van der Waals surface area contributed by atoms with Gasteiger partial charge in [0.15, 0.2) is 0 Å². The summed E-state index contributed by atoms with van der Waals surface area (Å²) < 4.78 is 27.5. The number of sulfonamides is 1. The van der Waals surface area contributed by atoms with Gasteiger partial charge in [0.1, 0.15) is 9.09 Å². The fourth-order valence-corrected chi connectivity index (χ4v) is 5.96. The normalized spacial score (nSPS) is 11.4. The molecular weight excluding hydrogens is 456 g/mol. The summed E-state index contributed by atoms with van der Waals surface area (Å²) in [7, 11) is -3.82. The van der Waals surface area contributed by atoms with Gasteiger partial charge in [-0.15, -0.1) is 22.7 Å². The molecule has 11 heteroatoms. The highest BCUT2D eigenvalue weighted by Crippen LogP contribution is 2.23. The van der Waals surface area contributed by atoms with Crippen LogP contribution < -0.4 is 15.6 Å². The molecule has 2 amide bonds. The average Bonchev–Trinajstić information content (AvgIpc) is 3.36. The number of carbonyl (C=O) groups is 2. The topological polar surface area (TPSA) is 117 Å². The van der Waals surface area contributed by atoms with Gasteiger partial charge in [0, 0.05) is 6.42 Å². The number of thiazole rings is 1. The number of carbonyl (C=O) groups excluding carboxylic acids is 2. The summed E-state index contributed by atoms with van der Waals surface area (Å²) in [6.45, 7) is 5.88. The van der Waals surface area contributed by atoms with Crippen LogP contribution in [0.2, 0.25) is 0 Å². The van der Waals surface area contributed by atoms with Crippen LogP contribution in [0.15, 0.2) is 46.0 Å². The Morgan fingerprint density at radius 2 is 1.77 bits per heavy atom. The minimum absolute atomic E-state index is 0.0736. The third-order valence-corrected chi connectivity index (χ3v) is 8.04. The number of benzene rings is 1. The number of aromatic nitrogens is 1. The van der Waals surface area contributed by atoms with Crippen molar-refractivity contribution in [3.8, 4) is 0 Å². The predicted octanol–water partition coefficient (Wildman–Crippen LogP) is 3.59. The molecule has 8 nitrogen and oxygen atoms in total. The van der Waals surface area contributed by atoms with Crippen molar-refractivity contribution in [2.24, 2.45) is 5.92 Å². The van der Waals surface area contributed by atoms with E-state index in [1.807, 2.05) is 0 Å². The largest absolute Gasteiger partial charge is 0.281 e. The predicted molar refractivity (Wildman–Crippen MR) is 122 cm³/mol. The summed E-state index contributed by atoms with van der Waals surface area (Å²) >= 11 is 2.36. The zero-order valence-corrected chi connectivity index (χ0v) is 19.6. The quantitative estimate of drug-likeness (QED) is 0.449. The molecule has 0 spiro atoms. The van der Waals surface area contributed by atoms with E-state index in [1.54, 1.807) is 30.5 Å². The minimum Gasteiger partial charge on any atom is -0.278 e. The van der Waals surface area contributed by atoms with Crippen molar-refractivity contribution in [1.82, 2.24) is 15.8 Å². The lowest BCUT2D eigenvalue weighted by Gasteiger charge is -2.12. The number of hydrogen-bond acceptors (Lipinski definition) is 7. The van der Waals surface area contributed by atoms with Gasteiger partial charge in [-0.1, -0.05) is 32.0 Å². The number of hydrogen-bond donors (Lipinski definition) is 3. The molecule has 0 unspecified atom stereocenters. The second-order valence-corrected chi connectivity index (χ2v) is 11.1. The van der Waals surface area contributed by atoms with E-state index in [0.29, 0.717) is 16.5 Å². The highest BCUT2D eigenvalue weighted by atomic mass is 32.2. The van der Waals surface area contributed by atoms with Crippen LogP contribution in [-0.2, 0) is 16.4 Å². The van der Waals surface area contributed by atoms with Crippen LogP contribution in [0.25, 0.3) is 0 Å². The Kier molecular flexibility index (Phi) is 7.08. The minimum atomic E-state index is -3.82. The Labute approximate surface area is 188 Å². The average molecular weight is 479 g/mol. The van der Waals surface area contributed by atoms with E-state index in [1.165, 1.54) is 29.5 Å². The van der Waals surface area contributed by atoms with Crippen molar-refractivity contribution in [3.05, 3.63) is 62.9 Å². The lowest BCUT2D eigenvalue weighted by atomic mass is 10.1. The first-order valence-corrected chi connectivity index (χ1v) is 12.6. The number of aryl methyl sites for hydroxylation is 1. The van der Waals surface area contributed by atoms with E-state index in [-0.39, 0.29) is 15.5 Å². The summed E-state index contributed by atoms with van der Waals surface area (Å²) in [6.07, 6.45) is 0.767. The van der Waals surface area contributed by atoms with Crippen molar-refractivity contribution in [2.45, 2.75) is 31.4 Å². The highest BCUT2D eigenvalue weighted by molar-refractivity contribution is 7.94. The monoisotopic (exact) mass is 478 g/mol. The van der Waals surface area contributed by atoms with Crippen molar-refractivity contribution in [3.63, 3.8) is 0 Å². The number of rotatable bonds is 7. The first-order chi connectivity index (χ1) is 14.7. The second-order valence-electron chi connectivity index (χ2n) is 7.11. The molecule has 31 heavy (non-hydrogen) atoms. The molecule has 0 aliphatic heterocycles. The van der Waals surface area contributed by atoms with Gasteiger partial charge in [-0.25, -0.2) is 13.4 Å². The maximum absolute atomic E-state index is 12.6. The van der Waals surface area contributed by atoms with Crippen molar-refractivity contribution >= 4 is 50.2 Å².